The van der Waals surface area contributed by atoms with E-state index in [0.29, 0.717) is 0 Å². The summed E-state index contributed by atoms with van der Waals surface area (Å²) in [6.07, 6.45) is 3.79. The lowest BCUT2D eigenvalue weighted by molar-refractivity contribution is -0.120. The molecule has 0 spiro atoms. The molecule has 1 fully saturated rings. The highest BCUT2D eigenvalue weighted by Gasteiger charge is 2.15. The van der Waals surface area contributed by atoms with Crippen LogP contribution < -0.4 is 15.5 Å². The lowest BCUT2D eigenvalue weighted by atomic mass is 10.1. The number of nitrogens with zero attached hydrogens (tertiary/aromatic N) is 1. The zero-order valence-electron chi connectivity index (χ0n) is 14.9. The molecule has 0 bridgehead atoms. The first kappa shape index (κ1) is 17.3. The molecule has 1 unspecified atom stereocenters. The highest BCUT2D eigenvalue weighted by Crippen LogP contribution is 2.28. The number of hydrogen-bond acceptors (Lipinski definition) is 3. The molecule has 1 saturated heterocycles. The molecule has 0 saturated carbocycles. The number of rotatable bonds is 6. The highest BCUT2D eigenvalue weighted by molar-refractivity contribution is 5.83. The van der Waals surface area contributed by atoms with E-state index in [0.717, 1.165) is 24.3 Å². The third kappa shape index (κ3) is 4.75. The van der Waals surface area contributed by atoms with Crippen molar-refractivity contribution in [3.05, 3.63) is 60.2 Å². The van der Waals surface area contributed by atoms with Crippen LogP contribution in [0.4, 0.5) is 11.4 Å². The van der Waals surface area contributed by atoms with Gasteiger partial charge in [-0.2, -0.15) is 0 Å². The third-order valence-electron chi connectivity index (χ3n) is 4.72. The normalized spacial score (nSPS) is 15.5. The molecule has 132 valence electrons. The van der Waals surface area contributed by atoms with Crippen LogP contribution in [0.2, 0.25) is 0 Å². The van der Waals surface area contributed by atoms with Gasteiger partial charge in [-0.15, -0.1) is 0 Å². The fourth-order valence-corrected chi connectivity index (χ4v) is 3.33. The molecule has 2 N–H and O–H groups in total. The molecule has 4 heteroatoms. The Morgan fingerprint density at radius 3 is 2.44 bits per heavy atom. The third-order valence-corrected chi connectivity index (χ3v) is 4.72. The van der Waals surface area contributed by atoms with Crippen molar-refractivity contribution in [2.75, 3.05) is 29.9 Å². The molecule has 1 aliphatic heterocycles. The number of para-hydroxylation sites is 2. The number of hydrogen-bond donors (Lipinski definition) is 2. The van der Waals surface area contributed by atoms with E-state index in [1.807, 2.05) is 43.3 Å². The molecule has 0 aromatic heterocycles. The van der Waals surface area contributed by atoms with E-state index in [-0.39, 0.29) is 18.5 Å². The van der Waals surface area contributed by atoms with Crippen molar-refractivity contribution < 1.29 is 4.79 Å². The van der Waals surface area contributed by atoms with Crippen molar-refractivity contribution >= 4 is 17.3 Å². The number of amides is 1. The fourth-order valence-electron chi connectivity index (χ4n) is 3.33. The Balaban J connectivity index is 1.57. The maximum atomic E-state index is 12.3. The van der Waals surface area contributed by atoms with Gasteiger partial charge in [0, 0.05) is 13.1 Å². The smallest absolute Gasteiger partial charge is 0.239 e. The van der Waals surface area contributed by atoms with E-state index in [2.05, 4.69) is 33.7 Å². The van der Waals surface area contributed by atoms with Gasteiger partial charge in [0.05, 0.1) is 24.0 Å². The van der Waals surface area contributed by atoms with Gasteiger partial charge in [0.15, 0.2) is 0 Å². The monoisotopic (exact) mass is 337 g/mol. The average molecular weight is 337 g/mol. The van der Waals surface area contributed by atoms with Crippen LogP contribution in [-0.2, 0) is 4.79 Å². The summed E-state index contributed by atoms with van der Waals surface area (Å²) in [5.41, 5.74) is 3.35. The molecule has 1 aliphatic rings. The molecule has 1 heterocycles. The molecule has 0 radical (unpaired) electrons. The van der Waals surface area contributed by atoms with Crippen molar-refractivity contribution in [2.45, 2.75) is 32.2 Å². The Bertz CT molecular complexity index is 681. The van der Waals surface area contributed by atoms with Crippen LogP contribution >= 0.6 is 0 Å². The van der Waals surface area contributed by atoms with Crippen LogP contribution in [0.25, 0.3) is 0 Å². The van der Waals surface area contributed by atoms with Crippen molar-refractivity contribution in [1.82, 2.24) is 5.32 Å². The predicted molar refractivity (Wildman–Crippen MR) is 104 cm³/mol. The maximum absolute atomic E-state index is 12.3. The van der Waals surface area contributed by atoms with E-state index in [9.17, 15) is 4.79 Å². The minimum atomic E-state index is 0.00444. The van der Waals surface area contributed by atoms with Crippen LogP contribution in [0.3, 0.4) is 0 Å². The van der Waals surface area contributed by atoms with E-state index >= 15 is 0 Å². The molecule has 3 rings (SSSR count). The van der Waals surface area contributed by atoms with Crippen molar-refractivity contribution in [2.24, 2.45) is 0 Å². The highest BCUT2D eigenvalue weighted by atomic mass is 16.1. The lowest BCUT2D eigenvalue weighted by Crippen LogP contribution is -2.33. The van der Waals surface area contributed by atoms with E-state index in [4.69, 9.17) is 0 Å². The second kappa shape index (κ2) is 8.56. The summed E-state index contributed by atoms with van der Waals surface area (Å²) in [7, 11) is 0. The van der Waals surface area contributed by atoms with Gasteiger partial charge in [-0.1, -0.05) is 42.5 Å². The molecule has 2 aromatic rings. The Morgan fingerprint density at radius 2 is 1.68 bits per heavy atom. The van der Waals surface area contributed by atoms with Gasteiger partial charge < -0.3 is 15.5 Å². The molecular formula is C21H27N3O. The minimum Gasteiger partial charge on any atom is -0.374 e. The summed E-state index contributed by atoms with van der Waals surface area (Å²) in [5, 5.41) is 6.36. The Kier molecular flexibility index (Phi) is 5.94. The van der Waals surface area contributed by atoms with Crippen LogP contribution in [0.5, 0.6) is 0 Å². The van der Waals surface area contributed by atoms with Crippen molar-refractivity contribution in [3.8, 4) is 0 Å². The molecule has 1 atom stereocenters. The molecular weight excluding hydrogens is 310 g/mol. The second-order valence-electron chi connectivity index (χ2n) is 6.62. The summed E-state index contributed by atoms with van der Waals surface area (Å²) in [4.78, 5) is 14.7. The molecule has 25 heavy (non-hydrogen) atoms. The van der Waals surface area contributed by atoms with Crippen LogP contribution in [0.1, 0.15) is 37.8 Å². The standard InChI is InChI=1S/C21H27N3O/c1-17(18-10-4-2-5-11-18)23-21(25)16-22-19-12-6-7-13-20(19)24-14-8-3-9-15-24/h2,4-7,10-13,17,22H,3,8-9,14-16H2,1H3,(H,23,25). The SMILES string of the molecule is CC(NC(=O)CNc1ccccc1N1CCCCC1)c1ccccc1. The van der Waals surface area contributed by atoms with Crippen molar-refractivity contribution in [3.63, 3.8) is 0 Å². The first-order chi connectivity index (χ1) is 12.2. The second-order valence-corrected chi connectivity index (χ2v) is 6.62. The lowest BCUT2D eigenvalue weighted by Gasteiger charge is -2.30. The van der Waals surface area contributed by atoms with E-state index < -0.39 is 0 Å². The summed E-state index contributed by atoms with van der Waals surface area (Å²) in [6, 6.07) is 18.3. The fraction of sp³-hybridized carbons (Fsp3) is 0.381. The minimum absolute atomic E-state index is 0.00444. The van der Waals surface area contributed by atoms with Gasteiger partial charge in [0.1, 0.15) is 0 Å². The molecule has 2 aromatic carbocycles. The number of piperidine rings is 1. The average Bonchev–Trinajstić information content (AvgIpc) is 2.68. The van der Waals surface area contributed by atoms with Gasteiger partial charge >= 0.3 is 0 Å². The van der Waals surface area contributed by atoms with Crippen LogP contribution in [-0.4, -0.2) is 25.5 Å². The molecule has 0 aliphatic carbocycles. The topological polar surface area (TPSA) is 44.4 Å². The van der Waals surface area contributed by atoms with Crippen LogP contribution in [0.15, 0.2) is 54.6 Å². The number of carbonyl (C=O) groups is 1. The Morgan fingerprint density at radius 1 is 1.00 bits per heavy atom. The quantitative estimate of drug-likeness (QED) is 0.838. The van der Waals surface area contributed by atoms with Crippen LogP contribution in [0, 0.1) is 0 Å². The number of anilines is 2. The van der Waals surface area contributed by atoms with Gasteiger partial charge in [0.25, 0.3) is 0 Å². The maximum Gasteiger partial charge on any atom is 0.239 e. The van der Waals surface area contributed by atoms with E-state index in [1.54, 1.807) is 0 Å². The summed E-state index contributed by atoms with van der Waals surface area (Å²) < 4.78 is 0. The molecule has 4 nitrogen and oxygen atoms in total. The number of nitrogens with one attached hydrogen (secondary N) is 2. The predicted octanol–water partition coefficient (Wildman–Crippen LogP) is 3.97. The van der Waals surface area contributed by atoms with Gasteiger partial charge in [-0.05, 0) is 43.9 Å². The molecule has 1 amide bonds. The summed E-state index contributed by atoms with van der Waals surface area (Å²) >= 11 is 0. The number of carbonyl (C=O) groups excluding carboxylic acids is 1. The number of benzene rings is 2. The van der Waals surface area contributed by atoms with Crippen molar-refractivity contribution in [1.29, 1.82) is 0 Å². The summed E-state index contributed by atoms with van der Waals surface area (Å²) in [6.45, 7) is 4.47. The first-order valence-electron chi connectivity index (χ1n) is 9.16. The van der Waals surface area contributed by atoms with E-state index in [1.165, 1.54) is 24.9 Å². The zero-order chi connectivity index (χ0) is 17.5. The Hall–Kier alpha value is -2.49. The van der Waals surface area contributed by atoms with Gasteiger partial charge in [0.2, 0.25) is 5.91 Å². The summed E-state index contributed by atoms with van der Waals surface area (Å²) in [5.74, 6) is 0.00444. The largest absolute Gasteiger partial charge is 0.374 e. The first-order valence-corrected chi connectivity index (χ1v) is 9.16. The zero-order valence-corrected chi connectivity index (χ0v) is 14.9. The Labute approximate surface area is 150 Å². The van der Waals surface area contributed by atoms with Gasteiger partial charge in [-0.3, -0.25) is 4.79 Å². The van der Waals surface area contributed by atoms with Gasteiger partial charge in [-0.25, -0.2) is 0 Å².